The number of hydrogen-bond donors (Lipinski definition) is 0. The lowest BCUT2D eigenvalue weighted by Gasteiger charge is -2.27. The molecule has 0 N–H and O–H groups in total. The van der Waals surface area contributed by atoms with Gasteiger partial charge in [-0.1, -0.05) is 6.08 Å². The minimum atomic E-state index is -5.61. The molecule has 102 valence electrons. The monoisotopic (exact) mass is 269 g/mol. The van der Waals surface area contributed by atoms with E-state index in [2.05, 4.69) is 4.74 Å². The number of carbonyl (C=O) groups is 2. The van der Waals surface area contributed by atoms with Crippen molar-refractivity contribution >= 4 is 11.9 Å². The van der Waals surface area contributed by atoms with Crippen LogP contribution in [-0.4, -0.2) is 29.9 Å². The number of esters is 1. The Morgan fingerprint density at radius 2 is 1.83 bits per heavy atom. The molecule has 1 aliphatic rings. The van der Waals surface area contributed by atoms with Crippen LogP contribution in [0.15, 0.2) is 12.2 Å². The van der Waals surface area contributed by atoms with Crippen molar-refractivity contribution in [3.05, 3.63) is 12.2 Å². The van der Waals surface area contributed by atoms with Crippen molar-refractivity contribution in [2.45, 2.75) is 37.2 Å². The molecule has 0 radical (unpaired) electrons. The molecular formula is C10H9F4O4-. The first-order valence-electron chi connectivity index (χ1n) is 5.04. The number of aliphatic carboxylic acids is 1. The maximum absolute atomic E-state index is 12.9. The van der Waals surface area contributed by atoms with Gasteiger partial charge in [-0.2, -0.15) is 17.6 Å². The maximum atomic E-state index is 12.9. The summed E-state index contributed by atoms with van der Waals surface area (Å²) in [6.07, 6.45) is 3.23. The van der Waals surface area contributed by atoms with Gasteiger partial charge in [-0.15, -0.1) is 0 Å². The van der Waals surface area contributed by atoms with Gasteiger partial charge in [-0.05, 0) is 25.3 Å². The van der Waals surface area contributed by atoms with Gasteiger partial charge in [-0.3, -0.25) is 0 Å². The van der Waals surface area contributed by atoms with Gasteiger partial charge >= 0.3 is 17.8 Å². The van der Waals surface area contributed by atoms with E-state index in [4.69, 9.17) is 0 Å². The van der Waals surface area contributed by atoms with E-state index in [1.807, 2.05) is 0 Å². The van der Waals surface area contributed by atoms with Crippen molar-refractivity contribution in [3.8, 4) is 0 Å². The van der Waals surface area contributed by atoms with Crippen LogP contribution < -0.4 is 5.11 Å². The third-order valence-corrected chi connectivity index (χ3v) is 2.38. The van der Waals surface area contributed by atoms with Crippen molar-refractivity contribution in [2.24, 2.45) is 0 Å². The number of carbonyl (C=O) groups excluding carboxylic acids is 2. The zero-order chi connectivity index (χ0) is 14.0. The first-order chi connectivity index (χ1) is 8.19. The molecule has 0 aromatic heterocycles. The van der Waals surface area contributed by atoms with Gasteiger partial charge in [-0.25, -0.2) is 4.79 Å². The zero-order valence-corrected chi connectivity index (χ0v) is 9.00. The molecular weight excluding hydrogens is 260 g/mol. The van der Waals surface area contributed by atoms with E-state index >= 15 is 0 Å². The van der Waals surface area contributed by atoms with Crippen LogP contribution in [0.25, 0.3) is 0 Å². The maximum Gasteiger partial charge on any atom is 0.410 e. The second-order valence-corrected chi connectivity index (χ2v) is 3.74. The van der Waals surface area contributed by atoms with Crippen LogP contribution in [0, 0.1) is 0 Å². The van der Waals surface area contributed by atoms with Crippen LogP contribution in [0.2, 0.25) is 0 Å². The summed E-state index contributed by atoms with van der Waals surface area (Å²) in [4.78, 5) is 20.8. The minimum Gasteiger partial charge on any atom is -0.544 e. The molecule has 0 saturated carbocycles. The fraction of sp³-hybridized carbons (Fsp3) is 0.600. The topological polar surface area (TPSA) is 66.4 Å². The quantitative estimate of drug-likeness (QED) is 0.427. The third-order valence-electron chi connectivity index (χ3n) is 2.38. The molecule has 0 amide bonds. The first-order valence-corrected chi connectivity index (χ1v) is 5.04. The highest BCUT2D eigenvalue weighted by Gasteiger charge is 2.64. The van der Waals surface area contributed by atoms with Gasteiger partial charge in [0.15, 0.2) is 0 Å². The van der Waals surface area contributed by atoms with Crippen LogP contribution in [0.5, 0.6) is 0 Å². The predicted octanol–water partition coefficient (Wildman–Crippen LogP) is 0.659. The average molecular weight is 269 g/mol. The standard InChI is InChI=1S/C10H10F4O4/c11-9(12,7(15)16)10(13,14)8(17)18-6-4-2-1-3-5-6/h2,4,6H,1,3,5H2,(H,15,16)/p-1. The molecule has 0 bridgehead atoms. The molecule has 1 atom stereocenters. The number of rotatable bonds is 4. The van der Waals surface area contributed by atoms with Crippen LogP contribution in [0.3, 0.4) is 0 Å². The SMILES string of the molecule is O=C([O-])C(F)(F)C(F)(F)C(=O)OC1C=CCCC1. The summed E-state index contributed by atoms with van der Waals surface area (Å²) >= 11 is 0. The second kappa shape index (κ2) is 4.95. The van der Waals surface area contributed by atoms with E-state index < -0.39 is 29.9 Å². The van der Waals surface area contributed by atoms with E-state index in [0.717, 1.165) is 0 Å². The normalized spacial score (nSPS) is 20.6. The lowest BCUT2D eigenvalue weighted by atomic mass is 10.1. The fourth-order valence-corrected chi connectivity index (χ4v) is 1.35. The Morgan fingerprint density at radius 1 is 1.22 bits per heavy atom. The third kappa shape index (κ3) is 2.62. The summed E-state index contributed by atoms with van der Waals surface area (Å²) in [5, 5.41) is 9.90. The summed E-state index contributed by atoms with van der Waals surface area (Å²) in [5.74, 6) is -17.0. The Kier molecular flexibility index (Phi) is 3.98. The molecule has 18 heavy (non-hydrogen) atoms. The fourth-order valence-electron chi connectivity index (χ4n) is 1.35. The van der Waals surface area contributed by atoms with Gasteiger partial charge in [0, 0.05) is 0 Å². The number of allylic oxidation sites excluding steroid dienone is 1. The zero-order valence-electron chi connectivity index (χ0n) is 9.00. The highest BCUT2D eigenvalue weighted by molar-refractivity contribution is 5.88. The van der Waals surface area contributed by atoms with Crippen molar-refractivity contribution in [2.75, 3.05) is 0 Å². The molecule has 0 aromatic carbocycles. The Morgan fingerprint density at radius 3 is 2.28 bits per heavy atom. The molecule has 1 aliphatic carbocycles. The summed E-state index contributed by atoms with van der Waals surface area (Å²) in [7, 11) is 0. The molecule has 4 nitrogen and oxygen atoms in total. The molecule has 8 heteroatoms. The number of alkyl halides is 4. The molecule has 0 fully saturated rings. The lowest BCUT2D eigenvalue weighted by Crippen LogP contribution is -2.58. The largest absolute Gasteiger partial charge is 0.544 e. The van der Waals surface area contributed by atoms with E-state index in [0.29, 0.717) is 12.8 Å². The minimum absolute atomic E-state index is 0.217. The van der Waals surface area contributed by atoms with E-state index in [1.54, 1.807) is 6.08 Å². The van der Waals surface area contributed by atoms with Crippen molar-refractivity contribution in [1.82, 2.24) is 0 Å². The molecule has 0 saturated heterocycles. The van der Waals surface area contributed by atoms with Gasteiger partial charge in [0.05, 0.1) is 0 Å². The molecule has 1 rings (SSSR count). The second-order valence-electron chi connectivity index (χ2n) is 3.74. The number of hydrogen-bond acceptors (Lipinski definition) is 4. The molecule has 0 aromatic rings. The molecule has 0 heterocycles. The number of ether oxygens (including phenoxy) is 1. The van der Waals surface area contributed by atoms with E-state index in [-0.39, 0.29) is 6.42 Å². The Balaban J connectivity index is 2.78. The van der Waals surface area contributed by atoms with Gasteiger partial charge in [0.1, 0.15) is 12.1 Å². The Hall–Kier alpha value is -1.60. The predicted molar refractivity (Wildman–Crippen MR) is 47.8 cm³/mol. The van der Waals surface area contributed by atoms with Crippen LogP contribution in [0.4, 0.5) is 17.6 Å². The van der Waals surface area contributed by atoms with E-state index in [9.17, 15) is 32.3 Å². The summed E-state index contributed by atoms with van der Waals surface area (Å²) in [6, 6.07) is 0. The van der Waals surface area contributed by atoms with Crippen LogP contribution in [-0.2, 0) is 14.3 Å². The number of halogens is 4. The van der Waals surface area contributed by atoms with Crippen molar-refractivity contribution < 1.29 is 37.0 Å². The average Bonchev–Trinajstić information content (AvgIpc) is 2.29. The van der Waals surface area contributed by atoms with Gasteiger partial charge in [0.25, 0.3) is 0 Å². The van der Waals surface area contributed by atoms with Crippen molar-refractivity contribution in [3.63, 3.8) is 0 Å². The van der Waals surface area contributed by atoms with Crippen LogP contribution >= 0.6 is 0 Å². The van der Waals surface area contributed by atoms with Crippen molar-refractivity contribution in [1.29, 1.82) is 0 Å². The summed E-state index contributed by atoms with van der Waals surface area (Å²) < 4.78 is 55.2. The Labute approximate surface area is 99.2 Å². The van der Waals surface area contributed by atoms with E-state index in [1.165, 1.54) is 6.08 Å². The lowest BCUT2D eigenvalue weighted by molar-refractivity contribution is -0.346. The molecule has 1 unspecified atom stereocenters. The first kappa shape index (κ1) is 14.5. The smallest absolute Gasteiger partial charge is 0.410 e. The molecule has 0 spiro atoms. The summed E-state index contributed by atoms with van der Waals surface area (Å²) in [6.45, 7) is 0. The highest BCUT2D eigenvalue weighted by atomic mass is 19.3. The van der Waals surface area contributed by atoms with Gasteiger partial charge < -0.3 is 14.6 Å². The number of carboxylic acids is 1. The van der Waals surface area contributed by atoms with Gasteiger partial charge in [0.2, 0.25) is 0 Å². The van der Waals surface area contributed by atoms with Crippen LogP contribution in [0.1, 0.15) is 19.3 Å². The molecule has 0 aliphatic heterocycles. The Bertz CT molecular complexity index is 378. The highest BCUT2D eigenvalue weighted by Crippen LogP contribution is 2.35. The summed E-state index contributed by atoms with van der Waals surface area (Å²) in [5.41, 5.74) is 0. The number of carboxylic acid groups (broad SMARTS) is 1.